The molecular weight excluding hydrogens is 352 g/mol. The third kappa shape index (κ3) is 5.44. The fourth-order valence-corrected chi connectivity index (χ4v) is 3.25. The van der Waals surface area contributed by atoms with Gasteiger partial charge in [-0.3, -0.25) is 4.79 Å². The van der Waals surface area contributed by atoms with Gasteiger partial charge in [-0.25, -0.2) is 13.1 Å². The maximum atomic E-state index is 12.1. The van der Waals surface area contributed by atoms with Crippen molar-refractivity contribution in [2.45, 2.75) is 11.3 Å². The summed E-state index contributed by atoms with van der Waals surface area (Å²) >= 11 is 0. The number of methoxy groups -OCH3 is 1. The van der Waals surface area contributed by atoms with Gasteiger partial charge >= 0.3 is 0 Å². The molecule has 0 aliphatic heterocycles. The number of amides is 1. The molecule has 0 atom stereocenters. The molecule has 6 nitrogen and oxygen atoms in total. The SMILES string of the molecule is CNS(=O)(=O)c1cc(/C=C/C(=O)NCCc2ccccc2)ccc1OC. The highest BCUT2D eigenvalue weighted by molar-refractivity contribution is 7.89. The van der Waals surface area contributed by atoms with Crippen LogP contribution in [0.5, 0.6) is 5.75 Å². The van der Waals surface area contributed by atoms with E-state index in [4.69, 9.17) is 4.74 Å². The van der Waals surface area contributed by atoms with Gasteiger partial charge < -0.3 is 10.1 Å². The zero-order valence-electron chi connectivity index (χ0n) is 14.7. The van der Waals surface area contributed by atoms with E-state index in [9.17, 15) is 13.2 Å². The molecule has 0 saturated carbocycles. The van der Waals surface area contributed by atoms with Crippen LogP contribution in [0.4, 0.5) is 0 Å². The maximum Gasteiger partial charge on any atom is 0.244 e. The number of ether oxygens (including phenoxy) is 1. The zero-order chi connectivity index (χ0) is 19.0. The number of carbonyl (C=O) groups is 1. The summed E-state index contributed by atoms with van der Waals surface area (Å²) in [4.78, 5) is 11.9. The molecule has 2 aromatic carbocycles. The Kier molecular flexibility index (Phi) is 6.94. The Hall–Kier alpha value is -2.64. The number of rotatable bonds is 8. The fraction of sp³-hybridized carbons (Fsp3) is 0.211. The van der Waals surface area contributed by atoms with Crippen LogP contribution in [0.15, 0.2) is 59.5 Å². The second-order valence-corrected chi connectivity index (χ2v) is 7.33. The number of sulfonamides is 1. The molecule has 0 radical (unpaired) electrons. The first kappa shape index (κ1) is 19.7. The monoisotopic (exact) mass is 374 g/mol. The first-order valence-electron chi connectivity index (χ1n) is 8.07. The molecule has 26 heavy (non-hydrogen) atoms. The van der Waals surface area contributed by atoms with E-state index in [0.29, 0.717) is 12.1 Å². The van der Waals surface area contributed by atoms with Crippen LogP contribution in [0.2, 0.25) is 0 Å². The minimum atomic E-state index is -3.66. The Balaban J connectivity index is 2.01. The molecule has 0 spiro atoms. The molecule has 0 saturated heterocycles. The van der Waals surface area contributed by atoms with Crippen molar-refractivity contribution < 1.29 is 17.9 Å². The Morgan fingerprint density at radius 3 is 2.54 bits per heavy atom. The predicted octanol–water partition coefficient (Wildman–Crippen LogP) is 1.98. The Labute approximate surface area is 153 Å². The Morgan fingerprint density at radius 2 is 1.88 bits per heavy atom. The van der Waals surface area contributed by atoms with Gasteiger partial charge in [0.25, 0.3) is 0 Å². The molecule has 0 bridgehead atoms. The molecule has 1 amide bonds. The average molecular weight is 374 g/mol. The van der Waals surface area contributed by atoms with Crippen molar-refractivity contribution in [2.75, 3.05) is 20.7 Å². The van der Waals surface area contributed by atoms with Gasteiger partial charge in [0, 0.05) is 12.6 Å². The second-order valence-electron chi connectivity index (χ2n) is 5.48. The van der Waals surface area contributed by atoms with E-state index in [-0.39, 0.29) is 16.6 Å². The first-order valence-corrected chi connectivity index (χ1v) is 9.56. The van der Waals surface area contributed by atoms with Gasteiger partial charge in [0.1, 0.15) is 10.6 Å². The van der Waals surface area contributed by atoms with Crippen LogP contribution < -0.4 is 14.8 Å². The Morgan fingerprint density at radius 1 is 1.15 bits per heavy atom. The minimum Gasteiger partial charge on any atom is -0.495 e. The predicted molar refractivity (Wildman–Crippen MR) is 101 cm³/mol. The summed E-state index contributed by atoms with van der Waals surface area (Å²) in [5.74, 6) is -0.00131. The summed E-state index contributed by atoms with van der Waals surface area (Å²) in [6.45, 7) is 0.523. The number of benzene rings is 2. The van der Waals surface area contributed by atoms with Gasteiger partial charge in [-0.05, 0) is 42.8 Å². The molecule has 2 N–H and O–H groups in total. The molecule has 0 aromatic heterocycles. The van der Waals surface area contributed by atoms with E-state index < -0.39 is 10.0 Å². The number of hydrogen-bond donors (Lipinski definition) is 2. The summed E-state index contributed by atoms with van der Waals surface area (Å²) in [6, 6.07) is 14.6. The summed E-state index contributed by atoms with van der Waals surface area (Å²) in [5, 5.41) is 2.80. The third-order valence-electron chi connectivity index (χ3n) is 3.73. The molecular formula is C19H22N2O4S. The lowest BCUT2D eigenvalue weighted by atomic mass is 10.1. The van der Waals surface area contributed by atoms with Crippen molar-refractivity contribution >= 4 is 22.0 Å². The van der Waals surface area contributed by atoms with Crippen LogP contribution in [0.25, 0.3) is 6.08 Å². The summed E-state index contributed by atoms with van der Waals surface area (Å²) < 4.78 is 31.4. The van der Waals surface area contributed by atoms with Gasteiger partial charge in [-0.15, -0.1) is 0 Å². The van der Waals surface area contributed by atoms with E-state index in [1.54, 1.807) is 18.2 Å². The first-order chi connectivity index (χ1) is 12.5. The van der Waals surface area contributed by atoms with Crippen LogP contribution in [-0.2, 0) is 21.2 Å². The molecule has 2 aromatic rings. The number of carbonyl (C=O) groups excluding carboxylic acids is 1. The maximum absolute atomic E-state index is 12.1. The normalized spacial score (nSPS) is 11.5. The van der Waals surface area contributed by atoms with Crippen molar-refractivity contribution in [1.29, 1.82) is 0 Å². The molecule has 0 aliphatic rings. The molecule has 0 aliphatic carbocycles. The smallest absolute Gasteiger partial charge is 0.244 e. The molecule has 0 unspecified atom stereocenters. The fourth-order valence-electron chi connectivity index (χ4n) is 2.32. The minimum absolute atomic E-state index is 0.0223. The van der Waals surface area contributed by atoms with E-state index in [2.05, 4.69) is 10.0 Å². The van der Waals surface area contributed by atoms with E-state index in [0.717, 1.165) is 12.0 Å². The van der Waals surface area contributed by atoms with Gasteiger partial charge in [0.05, 0.1) is 7.11 Å². The second kappa shape index (κ2) is 9.17. The lowest BCUT2D eigenvalue weighted by Crippen LogP contribution is -2.23. The van der Waals surface area contributed by atoms with Crippen LogP contribution >= 0.6 is 0 Å². The van der Waals surface area contributed by atoms with Crippen LogP contribution in [-0.4, -0.2) is 35.0 Å². The van der Waals surface area contributed by atoms with Crippen molar-refractivity contribution in [2.24, 2.45) is 0 Å². The topological polar surface area (TPSA) is 84.5 Å². The highest BCUT2D eigenvalue weighted by Gasteiger charge is 2.17. The third-order valence-corrected chi connectivity index (χ3v) is 5.16. The Bertz CT molecular complexity index is 878. The highest BCUT2D eigenvalue weighted by atomic mass is 32.2. The molecule has 0 heterocycles. The van der Waals surface area contributed by atoms with Crippen LogP contribution in [0, 0.1) is 0 Å². The van der Waals surface area contributed by atoms with E-state index >= 15 is 0 Å². The van der Waals surface area contributed by atoms with Crippen LogP contribution in [0.1, 0.15) is 11.1 Å². The highest BCUT2D eigenvalue weighted by Crippen LogP contribution is 2.25. The largest absolute Gasteiger partial charge is 0.495 e. The van der Waals surface area contributed by atoms with Crippen molar-refractivity contribution in [3.05, 3.63) is 65.7 Å². The summed E-state index contributed by atoms with van der Waals surface area (Å²) in [7, 11) is -0.923. The number of hydrogen-bond acceptors (Lipinski definition) is 4. The quantitative estimate of drug-likeness (QED) is 0.692. The molecule has 2 rings (SSSR count). The van der Waals surface area contributed by atoms with Gasteiger partial charge in [0.15, 0.2) is 0 Å². The van der Waals surface area contributed by atoms with Crippen molar-refractivity contribution in [3.63, 3.8) is 0 Å². The van der Waals surface area contributed by atoms with Crippen LogP contribution in [0.3, 0.4) is 0 Å². The summed E-state index contributed by atoms with van der Waals surface area (Å²) in [5.41, 5.74) is 1.73. The molecule has 7 heteroatoms. The lowest BCUT2D eigenvalue weighted by Gasteiger charge is -2.09. The lowest BCUT2D eigenvalue weighted by molar-refractivity contribution is -0.116. The van der Waals surface area contributed by atoms with E-state index in [1.165, 1.54) is 26.3 Å². The van der Waals surface area contributed by atoms with Gasteiger partial charge in [0.2, 0.25) is 15.9 Å². The van der Waals surface area contributed by atoms with Crippen molar-refractivity contribution in [3.8, 4) is 5.75 Å². The molecule has 0 fully saturated rings. The zero-order valence-corrected chi connectivity index (χ0v) is 15.5. The number of nitrogens with one attached hydrogen (secondary N) is 2. The van der Waals surface area contributed by atoms with Gasteiger partial charge in [-0.1, -0.05) is 36.4 Å². The van der Waals surface area contributed by atoms with Gasteiger partial charge in [-0.2, -0.15) is 0 Å². The van der Waals surface area contributed by atoms with Crippen molar-refractivity contribution in [1.82, 2.24) is 10.0 Å². The molecule has 138 valence electrons. The summed E-state index contributed by atoms with van der Waals surface area (Å²) in [6.07, 6.45) is 3.68. The van der Waals surface area contributed by atoms with E-state index in [1.807, 2.05) is 30.3 Å². The average Bonchev–Trinajstić information content (AvgIpc) is 2.67. The standard InChI is InChI=1S/C19H22N2O4S/c1-20-26(23,24)18-14-16(8-10-17(18)25-2)9-11-19(22)21-13-12-15-6-4-3-5-7-15/h3-11,14,20H,12-13H2,1-2H3,(H,21,22)/b11-9+.